The van der Waals surface area contributed by atoms with Gasteiger partial charge >= 0.3 is 0 Å². The van der Waals surface area contributed by atoms with Crippen LogP contribution in [0.25, 0.3) is 10.8 Å². The largest absolute Gasteiger partial charge is 0.347 e. The van der Waals surface area contributed by atoms with E-state index in [-0.39, 0.29) is 11.5 Å². The van der Waals surface area contributed by atoms with Crippen LogP contribution in [0.4, 0.5) is 0 Å². The molecule has 1 aromatic heterocycles. The lowest BCUT2D eigenvalue weighted by Crippen LogP contribution is -2.32. The van der Waals surface area contributed by atoms with E-state index < -0.39 is 0 Å². The molecule has 0 spiro atoms. The molecular formula is C17H18N2O2. The third kappa shape index (κ3) is 2.94. The molecule has 2 aromatic rings. The minimum atomic E-state index is -0.295. The van der Waals surface area contributed by atoms with Crippen molar-refractivity contribution in [3.05, 3.63) is 71.2 Å². The van der Waals surface area contributed by atoms with E-state index in [0.717, 1.165) is 10.9 Å². The molecule has 21 heavy (non-hydrogen) atoms. The fourth-order valence-electron chi connectivity index (χ4n) is 2.22. The summed E-state index contributed by atoms with van der Waals surface area (Å²) in [6, 6.07) is 7.35. The minimum absolute atomic E-state index is 0.181. The molecule has 0 unspecified atom stereocenters. The number of benzene rings is 1. The number of carbonyl (C=O) groups is 1. The Morgan fingerprint density at radius 1 is 1.29 bits per heavy atom. The van der Waals surface area contributed by atoms with Gasteiger partial charge in [0.2, 0.25) is 0 Å². The first-order valence-electron chi connectivity index (χ1n) is 6.72. The van der Waals surface area contributed by atoms with E-state index in [0.29, 0.717) is 24.2 Å². The molecule has 108 valence electrons. The van der Waals surface area contributed by atoms with E-state index in [2.05, 4.69) is 18.5 Å². The van der Waals surface area contributed by atoms with Gasteiger partial charge < -0.3 is 5.32 Å². The van der Waals surface area contributed by atoms with Gasteiger partial charge in [-0.15, -0.1) is 13.2 Å². The number of nitrogens with zero attached hydrogens (tertiary/aromatic N) is 1. The van der Waals surface area contributed by atoms with Crippen LogP contribution < -0.4 is 10.9 Å². The van der Waals surface area contributed by atoms with Gasteiger partial charge in [0.15, 0.2) is 0 Å². The molecule has 1 N–H and O–H groups in total. The van der Waals surface area contributed by atoms with Crippen LogP contribution >= 0.6 is 0 Å². The van der Waals surface area contributed by atoms with Crippen molar-refractivity contribution in [2.75, 3.05) is 6.54 Å². The monoisotopic (exact) mass is 282 g/mol. The van der Waals surface area contributed by atoms with Gasteiger partial charge in [-0.3, -0.25) is 14.2 Å². The number of amides is 1. The quantitative estimate of drug-likeness (QED) is 0.856. The van der Waals surface area contributed by atoms with E-state index >= 15 is 0 Å². The molecule has 0 fully saturated rings. The normalized spacial score (nSPS) is 10.3. The van der Waals surface area contributed by atoms with Crippen molar-refractivity contribution in [2.24, 2.45) is 0 Å². The highest BCUT2D eigenvalue weighted by Crippen LogP contribution is 2.14. The number of allylic oxidation sites excluding steroid dienone is 1. The van der Waals surface area contributed by atoms with Crippen molar-refractivity contribution < 1.29 is 4.79 Å². The lowest BCUT2D eigenvalue weighted by Gasteiger charge is -2.12. The lowest BCUT2D eigenvalue weighted by molar-refractivity contribution is 0.0948. The van der Waals surface area contributed by atoms with Gasteiger partial charge in [0.1, 0.15) is 5.69 Å². The van der Waals surface area contributed by atoms with Crippen LogP contribution in [0.3, 0.4) is 0 Å². The summed E-state index contributed by atoms with van der Waals surface area (Å²) < 4.78 is 1.44. The van der Waals surface area contributed by atoms with E-state index in [1.54, 1.807) is 18.2 Å². The van der Waals surface area contributed by atoms with Crippen LogP contribution in [0.2, 0.25) is 0 Å². The molecule has 0 aliphatic rings. The van der Waals surface area contributed by atoms with Gasteiger partial charge in [0.25, 0.3) is 11.5 Å². The Hall–Kier alpha value is -2.62. The molecule has 0 aliphatic carbocycles. The third-order valence-electron chi connectivity index (χ3n) is 3.22. The fraction of sp³-hybridized carbons (Fsp3) is 0.176. The van der Waals surface area contributed by atoms with Crippen LogP contribution in [-0.2, 0) is 6.54 Å². The molecular weight excluding hydrogens is 264 g/mol. The number of aromatic nitrogens is 1. The SMILES string of the molecule is C=CCNC(=O)c1cc2ccc(C)cc2c(=O)n1CC=C. The second-order valence-electron chi connectivity index (χ2n) is 4.82. The van der Waals surface area contributed by atoms with Gasteiger partial charge in [0, 0.05) is 18.5 Å². The number of rotatable bonds is 5. The Bertz CT molecular complexity index is 772. The zero-order valence-electron chi connectivity index (χ0n) is 12.1. The summed E-state index contributed by atoms with van der Waals surface area (Å²) in [6.07, 6.45) is 3.20. The molecule has 2 rings (SSSR count). The third-order valence-corrected chi connectivity index (χ3v) is 3.22. The first-order chi connectivity index (χ1) is 10.1. The molecule has 1 aromatic carbocycles. The Morgan fingerprint density at radius 2 is 2.05 bits per heavy atom. The predicted molar refractivity (Wildman–Crippen MR) is 85.7 cm³/mol. The Kier molecular flexibility index (Phi) is 4.38. The maximum atomic E-state index is 12.6. The Morgan fingerprint density at radius 3 is 2.71 bits per heavy atom. The minimum Gasteiger partial charge on any atom is -0.347 e. The number of nitrogens with one attached hydrogen (secondary N) is 1. The van der Waals surface area contributed by atoms with E-state index in [9.17, 15) is 9.59 Å². The van der Waals surface area contributed by atoms with Crippen molar-refractivity contribution in [2.45, 2.75) is 13.5 Å². The molecule has 4 heteroatoms. The van der Waals surface area contributed by atoms with Gasteiger partial charge in [-0.05, 0) is 24.4 Å². The fourth-order valence-corrected chi connectivity index (χ4v) is 2.22. The second-order valence-corrected chi connectivity index (χ2v) is 4.82. The van der Waals surface area contributed by atoms with Gasteiger partial charge in [-0.25, -0.2) is 0 Å². The summed E-state index contributed by atoms with van der Waals surface area (Å²) in [4.78, 5) is 24.8. The summed E-state index contributed by atoms with van der Waals surface area (Å²) in [5, 5.41) is 4.07. The summed E-state index contributed by atoms with van der Waals surface area (Å²) in [5.74, 6) is -0.295. The molecule has 4 nitrogen and oxygen atoms in total. The predicted octanol–water partition coefficient (Wildman–Crippen LogP) is 2.41. The summed E-state index contributed by atoms with van der Waals surface area (Å²) >= 11 is 0. The maximum Gasteiger partial charge on any atom is 0.268 e. The zero-order chi connectivity index (χ0) is 15.4. The standard InChI is InChI=1S/C17H18N2O2/c1-4-8-18-16(20)15-11-13-7-6-12(3)10-14(13)17(21)19(15)9-5-2/h4-7,10-11H,1-2,8-9H2,3H3,(H,18,20). The van der Waals surface area contributed by atoms with Crippen LogP contribution in [0.1, 0.15) is 16.1 Å². The Balaban J connectivity index is 2.68. The number of carbonyl (C=O) groups excluding carboxylic acids is 1. The number of hydrogen-bond donors (Lipinski definition) is 1. The maximum absolute atomic E-state index is 12.6. The molecule has 0 bridgehead atoms. The highest BCUT2D eigenvalue weighted by atomic mass is 16.2. The Labute approximate surface area is 123 Å². The number of hydrogen-bond acceptors (Lipinski definition) is 2. The van der Waals surface area contributed by atoms with E-state index in [1.807, 2.05) is 25.1 Å². The van der Waals surface area contributed by atoms with Crippen molar-refractivity contribution >= 4 is 16.7 Å². The summed E-state index contributed by atoms with van der Waals surface area (Å²) in [5.41, 5.74) is 1.16. The van der Waals surface area contributed by atoms with Crippen molar-refractivity contribution in [3.8, 4) is 0 Å². The molecule has 0 aliphatic heterocycles. The number of aryl methyl sites for hydroxylation is 1. The average molecular weight is 282 g/mol. The zero-order valence-corrected chi connectivity index (χ0v) is 12.1. The topological polar surface area (TPSA) is 51.1 Å². The smallest absolute Gasteiger partial charge is 0.268 e. The molecule has 1 heterocycles. The molecule has 0 saturated heterocycles. The van der Waals surface area contributed by atoms with Gasteiger partial charge in [-0.2, -0.15) is 0 Å². The highest BCUT2D eigenvalue weighted by Gasteiger charge is 2.14. The summed E-state index contributed by atoms with van der Waals surface area (Å²) in [7, 11) is 0. The van der Waals surface area contributed by atoms with E-state index in [1.165, 1.54) is 4.57 Å². The van der Waals surface area contributed by atoms with Crippen LogP contribution in [-0.4, -0.2) is 17.0 Å². The van der Waals surface area contributed by atoms with Gasteiger partial charge in [-0.1, -0.05) is 29.8 Å². The van der Waals surface area contributed by atoms with Crippen LogP contribution in [0.5, 0.6) is 0 Å². The average Bonchev–Trinajstić information content (AvgIpc) is 2.48. The molecule has 1 amide bonds. The highest BCUT2D eigenvalue weighted by molar-refractivity contribution is 5.96. The van der Waals surface area contributed by atoms with Crippen LogP contribution in [0, 0.1) is 6.92 Å². The first-order valence-corrected chi connectivity index (χ1v) is 6.72. The van der Waals surface area contributed by atoms with E-state index in [4.69, 9.17) is 0 Å². The molecule has 0 atom stereocenters. The number of pyridine rings is 1. The van der Waals surface area contributed by atoms with Crippen LogP contribution in [0.15, 0.2) is 54.4 Å². The molecule has 0 saturated carbocycles. The molecule has 0 radical (unpaired) electrons. The number of fused-ring (bicyclic) bond motifs is 1. The van der Waals surface area contributed by atoms with Crippen molar-refractivity contribution in [3.63, 3.8) is 0 Å². The first kappa shape index (κ1) is 14.8. The lowest BCUT2D eigenvalue weighted by atomic mass is 10.1. The summed E-state index contributed by atoms with van der Waals surface area (Å²) in [6.45, 7) is 9.79. The van der Waals surface area contributed by atoms with Gasteiger partial charge in [0.05, 0.1) is 0 Å². The van der Waals surface area contributed by atoms with Crippen molar-refractivity contribution in [1.29, 1.82) is 0 Å². The second kappa shape index (κ2) is 6.22. The van der Waals surface area contributed by atoms with Crippen molar-refractivity contribution in [1.82, 2.24) is 9.88 Å².